The Morgan fingerprint density at radius 1 is 1.23 bits per heavy atom. The number of hydrogen-bond acceptors (Lipinski definition) is 5. The second-order valence-corrected chi connectivity index (χ2v) is 7.73. The van der Waals surface area contributed by atoms with Gasteiger partial charge in [-0.05, 0) is 26.8 Å². The van der Waals surface area contributed by atoms with Gasteiger partial charge in [0, 0.05) is 11.9 Å². The highest BCUT2D eigenvalue weighted by Gasteiger charge is 2.40. The highest BCUT2D eigenvalue weighted by Crippen LogP contribution is 2.35. The lowest BCUT2D eigenvalue weighted by molar-refractivity contribution is -0.0977. The topological polar surface area (TPSA) is 65.8 Å². The molecule has 0 bridgehead atoms. The molecule has 4 rings (SSSR count). The van der Waals surface area contributed by atoms with Crippen LogP contribution in [0.25, 0.3) is 10.9 Å². The SMILES string of the molecule is CC(C)(C)OC(=O)N1CCOC[C@H]1[C@H]1OCCn2nc3ccccc3c21. The summed E-state index contributed by atoms with van der Waals surface area (Å²) in [5, 5.41) is 5.75. The largest absolute Gasteiger partial charge is 0.444 e. The van der Waals surface area contributed by atoms with Gasteiger partial charge < -0.3 is 14.2 Å². The predicted octanol–water partition coefficient (Wildman–Crippen LogP) is 2.74. The van der Waals surface area contributed by atoms with Gasteiger partial charge >= 0.3 is 6.09 Å². The third-order valence-electron chi connectivity index (χ3n) is 4.70. The Morgan fingerprint density at radius 3 is 2.85 bits per heavy atom. The Hall–Kier alpha value is -2.12. The van der Waals surface area contributed by atoms with Gasteiger partial charge in [-0.15, -0.1) is 0 Å². The van der Waals surface area contributed by atoms with Crippen molar-refractivity contribution < 1.29 is 19.0 Å². The number of ether oxygens (including phenoxy) is 3. The Labute approximate surface area is 152 Å². The van der Waals surface area contributed by atoms with Gasteiger partial charge in [0.25, 0.3) is 0 Å². The van der Waals surface area contributed by atoms with E-state index in [1.807, 2.05) is 43.7 Å². The monoisotopic (exact) mass is 359 g/mol. The number of morpholine rings is 1. The second kappa shape index (κ2) is 6.55. The minimum absolute atomic E-state index is 0.238. The van der Waals surface area contributed by atoms with Gasteiger partial charge in [-0.25, -0.2) is 4.79 Å². The highest BCUT2D eigenvalue weighted by atomic mass is 16.6. The highest BCUT2D eigenvalue weighted by molar-refractivity contribution is 5.82. The van der Waals surface area contributed by atoms with E-state index >= 15 is 0 Å². The average Bonchev–Trinajstić information content (AvgIpc) is 2.99. The van der Waals surface area contributed by atoms with Crippen LogP contribution in [0.15, 0.2) is 24.3 Å². The van der Waals surface area contributed by atoms with Gasteiger partial charge in [0.05, 0.1) is 43.6 Å². The first kappa shape index (κ1) is 17.3. The van der Waals surface area contributed by atoms with E-state index in [2.05, 4.69) is 11.2 Å². The number of carbonyl (C=O) groups is 1. The van der Waals surface area contributed by atoms with Crippen molar-refractivity contribution in [2.75, 3.05) is 26.4 Å². The molecule has 0 radical (unpaired) electrons. The van der Waals surface area contributed by atoms with Crippen molar-refractivity contribution in [3.8, 4) is 0 Å². The van der Waals surface area contributed by atoms with Crippen LogP contribution < -0.4 is 0 Å². The molecule has 0 aliphatic carbocycles. The average molecular weight is 359 g/mol. The third-order valence-corrected chi connectivity index (χ3v) is 4.70. The first-order chi connectivity index (χ1) is 12.4. The number of hydrogen-bond donors (Lipinski definition) is 0. The van der Waals surface area contributed by atoms with Crippen LogP contribution in [0, 0.1) is 0 Å². The van der Waals surface area contributed by atoms with E-state index in [0.29, 0.717) is 32.9 Å². The van der Waals surface area contributed by atoms with Crippen LogP contribution in [-0.4, -0.2) is 58.8 Å². The van der Waals surface area contributed by atoms with Crippen molar-refractivity contribution in [2.24, 2.45) is 0 Å². The van der Waals surface area contributed by atoms with Crippen molar-refractivity contribution in [2.45, 2.75) is 45.1 Å². The standard InChI is InChI=1S/C19H25N3O4/c1-19(2,3)26-18(23)21-8-10-24-12-15(21)17-16-13-6-4-5-7-14(13)20-22(16)9-11-25-17/h4-7,15,17H,8-12H2,1-3H3/t15-,17+/m0/s1. The number of nitrogens with zero attached hydrogens (tertiary/aromatic N) is 3. The molecular weight excluding hydrogens is 334 g/mol. The molecule has 2 aromatic rings. The van der Waals surface area contributed by atoms with Gasteiger partial charge in [-0.2, -0.15) is 5.10 Å². The lowest BCUT2D eigenvalue weighted by atomic mass is 10.0. The molecule has 7 heteroatoms. The number of amides is 1. The van der Waals surface area contributed by atoms with E-state index in [-0.39, 0.29) is 18.2 Å². The maximum atomic E-state index is 12.8. The van der Waals surface area contributed by atoms with Crippen LogP contribution in [-0.2, 0) is 20.8 Å². The molecular formula is C19H25N3O4. The van der Waals surface area contributed by atoms with Crippen LogP contribution in [0.1, 0.15) is 32.6 Å². The summed E-state index contributed by atoms with van der Waals surface area (Å²) in [5.74, 6) is 0. The Morgan fingerprint density at radius 2 is 2.04 bits per heavy atom. The normalized spacial score (nSPS) is 23.7. The van der Waals surface area contributed by atoms with E-state index in [4.69, 9.17) is 14.2 Å². The first-order valence-corrected chi connectivity index (χ1v) is 9.08. The minimum Gasteiger partial charge on any atom is -0.444 e. The summed E-state index contributed by atoms with van der Waals surface area (Å²) in [5.41, 5.74) is 1.41. The molecule has 0 spiro atoms. The molecule has 0 saturated carbocycles. The Balaban J connectivity index is 1.69. The quantitative estimate of drug-likeness (QED) is 0.783. The smallest absolute Gasteiger partial charge is 0.410 e. The summed E-state index contributed by atoms with van der Waals surface area (Å²) in [7, 11) is 0. The number of rotatable bonds is 1. The van der Waals surface area contributed by atoms with Crippen molar-refractivity contribution in [1.29, 1.82) is 0 Å². The summed E-state index contributed by atoms with van der Waals surface area (Å²) < 4.78 is 19.4. The maximum absolute atomic E-state index is 12.8. The van der Waals surface area contributed by atoms with E-state index in [0.717, 1.165) is 16.6 Å². The molecule has 1 saturated heterocycles. The van der Waals surface area contributed by atoms with Gasteiger partial charge in [0.15, 0.2) is 0 Å². The lowest BCUT2D eigenvalue weighted by Gasteiger charge is -2.41. The van der Waals surface area contributed by atoms with Crippen LogP contribution in [0.2, 0.25) is 0 Å². The number of benzene rings is 1. The van der Waals surface area contributed by atoms with Crippen LogP contribution in [0.5, 0.6) is 0 Å². The molecule has 2 aliphatic rings. The molecule has 140 valence electrons. The lowest BCUT2D eigenvalue weighted by Crippen LogP contribution is -2.54. The summed E-state index contributed by atoms with van der Waals surface area (Å²) >= 11 is 0. The van der Waals surface area contributed by atoms with Crippen LogP contribution >= 0.6 is 0 Å². The second-order valence-electron chi connectivity index (χ2n) is 7.73. The van der Waals surface area contributed by atoms with Crippen molar-refractivity contribution in [3.05, 3.63) is 30.0 Å². The predicted molar refractivity (Wildman–Crippen MR) is 96.0 cm³/mol. The zero-order chi connectivity index (χ0) is 18.3. The van der Waals surface area contributed by atoms with Crippen molar-refractivity contribution >= 4 is 17.0 Å². The first-order valence-electron chi connectivity index (χ1n) is 9.08. The fourth-order valence-electron chi connectivity index (χ4n) is 3.63. The molecule has 0 N–H and O–H groups in total. The zero-order valence-corrected chi connectivity index (χ0v) is 15.5. The molecule has 0 unspecified atom stereocenters. The van der Waals surface area contributed by atoms with E-state index < -0.39 is 5.60 Å². The summed E-state index contributed by atoms with van der Waals surface area (Å²) in [6.45, 7) is 8.31. The maximum Gasteiger partial charge on any atom is 0.410 e. The van der Waals surface area contributed by atoms with Gasteiger partial charge in [-0.3, -0.25) is 9.58 Å². The van der Waals surface area contributed by atoms with E-state index in [9.17, 15) is 4.79 Å². The molecule has 3 heterocycles. The third kappa shape index (κ3) is 3.17. The van der Waals surface area contributed by atoms with Crippen LogP contribution in [0.4, 0.5) is 4.79 Å². The molecule has 1 aromatic carbocycles. The van der Waals surface area contributed by atoms with E-state index in [1.54, 1.807) is 4.90 Å². The minimum atomic E-state index is -0.540. The number of carbonyl (C=O) groups excluding carboxylic acids is 1. The molecule has 1 fully saturated rings. The fraction of sp³-hybridized carbons (Fsp3) is 0.579. The Kier molecular flexibility index (Phi) is 4.36. The zero-order valence-electron chi connectivity index (χ0n) is 15.5. The van der Waals surface area contributed by atoms with Gasteiger partial charge in [0.2, 0.25) is 0 Å². The molecule has 1 aromatic heterocycles. The van der Waals surface area contributed by atoms with Crippen LogP contribution in [0.3, 0.4) is 0 Å². The molecule has 2 atom stereocenters. The van der Waals surface area contributed by atoms with Crippen molar-refractivity contribution in [3.63, 3.8) is 0 Å². The molecule has 7 nitrogen and oxygen atoms in total. The fourth-order valence-corrected chi connectivity index (χ4v) is 3.63. The number of fused-ring (bicyclic) bond motifs is 3. The molecule has 2 aliphatic heterocycles. The van der Waals surface area contributed by atoms with E-state index in [1.165, 1.54) is 0 Å². The van der Waals surface area contributed by atoms with Crippen molar-refractivity contribution in [1.82, 2.24) is 14.7 Å². The Bertz CT molecular complexity index is 811. The number of aromatic nitrogens is 2. The summed E-state index contributed by atoms with van der Waals surface area (Å²) in [4.78, 5) is 14.5. The van der Waals surface area contributed by atoms with Gasteiger partial charge in [-0.1, -0.05) is 18.2 Å². The van der Waals surface area contributed by atoms with Gasteiger partial charge in [0.1, 0.15) is 11.7 Å². The molecule has 26 heavy (non-hydrogen) atoms. The summed E-state index contributed by atoms with van der Waals surface area (Å²) in [6.07, 6.45) is -0.612. The summed E-state index contributed by atoms with van der Waals surface area (Å²) in [6, 6.07) is 7.80. The molecule has 1 amide bonds.